The number of hydrogen-bond acceptors (Lipinski definition) is 3. The molecule has 0 aromatic heterocycles. The normalized spacial score (nSPS) is 12.6. The number of hydrogen-bond donors (Lipinski definition) is 0. The van der Waals surface area contributed by atoms with Gasteiger partial charge < -0.3 is 4.90 Å². The van der Waals surface area contributed by atoms with E-state index < -0.39 is 0 Å². The first-order chi connectivity index (χ1) is 13.2. The Bertz CT molecular complexity index is 922. The number of benzene rings is 2. The maximum atomic E-state index is 4.92. The smallest absolute Gasteiger partial charge is 0.201 e. The Morgan fingerprint density at radius 2 is 1.70 bits per heavy atom. The van der Waals surface area contributed by atoms with Crippen LogP contribution in [0.25, 0.3) is 20.8 Å². The van der Waals surface area contributed by atoms with Crippen LogP contribution in [0.5, 0.6) is 0 Å². The molecule has 0 bridgehead atoms. The molecule has 0 unspecified atom stereocenters. The first kappa shape index (κ1) is 19.8. The Hall–Kier alpha value is -1.94. The van der Waals surface area contributed by atoms with E-state index >= 15 is 0 Å². The van der Waals surface area contributed by atoms with Crippen LogP contribution in [-0.2, 0) is 0 Å². The van der Waals surface area contributed by atoms with Crippen LogP contribution in [0.1, 0.15) is 47.0 Å². The molecule has 0 N–H and O–H groups in total. The average molecular weight is 383 g/mol. The van der Waals surface area contributed by atoms with Crippen molar-refractivity contribution in [3.8, 4) is 10.6 Å². The highest BCUT2D eigenvalue weighted by Gasteiger charge is 2.12. The minimum Gasteiger partial charge on any atom is -0.372 e. The molecule has 0 amide bonds. The molecule has 3 nitrogen and oxygen atoms in total. The summed E-state index contributed by atoms with van der Waals surface area (Å²) >= 11 is 1.86. The Morgan fingerprint density at radius 1 is 0.926 bits per heavy atom. The van der Waals surface area contributed by atoms with Crippen LogP contribution in [0, 0.1) is 0 Å². The fourth-order valence-electron chi connectivity index (χ4n) is 3.65. The molecule has 0 saturated heterocycles. The van der Waals surface area contributed by atoms with Gasteiger partial charge in [0.05, 0.1) is 20.8 Å². The Balaban J connectivity index is 2.10. The highest BCUT2D eigenvalue weighted by Crippen LogP contribution is 2.32. The minimum absolute atomic E-state index is 1.04. The summed E-state index contributed by atoms with van der Waals surface area (Å²) in [6, 6.07) is 13.4. The summed E-state index contributed by atoms with van der Waals surface area (Å²) in [5.41, 5.74) is 3.51. The molecule has 1 aromatic rings. The number of fused-ring (bicyclic) bond motifs is 2. The third kappa shape index (κ3) is 4.49. The summed E-state index contributed by atoms with van der Waals surface area (Å²) < 4.78 is 3.71. The molecule has 0 fully saturated rings. The summed E-state index contributed by atoms with van der Waals surface area (Å²) in [6.07, 6.45) is 3.51. The van der Waals surface area contributed by atoms with E-state index in [1.165, 1.54) is 39.9 Å². The first-order valence-electron chi connectivity index (χ1n) is 10.4. The number of nitrogens with zero attached hydrogens (tertiary/aromatic N) is 3. The SMILES string of the molecule is CCCN(CCC)c1ccc2nc3cc/c(=[N+](\CC)CCC)cc-3sc2c1. The van der Waals surface area contributed by atoms with Gasteiger partial charge in [0.2, 0.25) is 5.36 Å². The molecule has 144 valence electrons. The zero-order valence-corrected chi connectivity index (χ0v) is 18.0. The average Bonchev–Trinajstić information content (AvgIpc) is 2.69. The van der Waals surface area contributed by atoms with Gasteiger partial charge >= 0.3 is 0 Å². The van der Waals surface area contributed by atoms with Crippen molar-refractivity contribution < 1.29 is 0 Å². The molecule has 1 heterocycles. The van der Waals surface area contributed by atoms with Gasteiger partial charge in [0.15, 0.2) is 0 Å². The first-order valence-corrected chi connectivity index (χ1v) is 11.2. The summed E-state index contributed by atoms with van der Waals surface area (Å²) in [6.45, 7) is 13.3. The highest BCUT2D eigenvalue weighted by molar-refractivity contribution is 7.21. The molecular weight excluding hydrogens is 350 g/mol. The zero-order valence-electron chi connectivity index (χ0n) is 17.2. The van der Waals surface area contributed by atoms with E-state index in [0.29, 0.717) is 0 Å². The van der Waals surface area contributed by atoms with Gasteiger partial charge in [-0.15, -0.1) is 11.3 Å². The van der Waals surface area contributed by atoms with Crippen molar-refractivity contribution in [3.63, 3.8) is 0 Å². The molecule has 27 heavy (non-hydrogen) atoms. The highest BCUT2D eigenvalue weighted by atomic mass is 32.1. The third-order valence-corrected chi connectivity index (χ3v) is 6.03. The van der Waals surface area contributed by atoms with E-state index in [2.05, 4.69) is 73.6 Å². The van der Waals surface area contributed by atoms with Crippen molar-refractivity contribution in [3.05, 3.63) is 41.8 Å². The van der Waals surface area contributed by atoms with Crippen LogP contribution in [0.4, 0.5) is 5.69 Å². The van der Waals surface area contributed by atoms with Gasteiger partial charge in [-0.25, -0.2) is 9.56 Å². The van der Waals surface area contributed by atoms with E-state index in [1.807, 2.05) is 11.3 Å². The fraction of sp³-hybridized carbons (Fsp3) is 0.478. The van der Waals surface area contributed by atoms with Crippen LogP contribution in [0.3, 0.4) is 0 Å². The lowest BCUT2D eigenvalue weighted by Crippen LogP contribution is -2.30. The van der Waals surface area contributed by atoms with Gasteiger partial charge in [0, 0.05) is 37.3 Å². The quantitative estimate of drug-likeness (QED) is 0.392. The van der Waals surface area contributed by atoms with Gasteiger partial charge in [-0.05, 0) is 44.0 Å². The van der Waals surface area contributed by atoms with Crippen molar-refractivity contribution in [2.24, 2.45) is 0 Å². The van der Waals surface area contributed by atoms with Gasteiger partial charge in [-0.3, -0.25) is 0 Å². The number of rotatable bonds is 8. The van der Waals surface area contributed by atoms with Crippen molar-refractivity contribution in [1.29, 1.82) is 0 Å². The summed E-state index contributed by atoms with van der Waals surface area (Å²) in [4.78, 5) is 8.68. The monoisotopic (exact) mass is 382 g/mol. The predicted octanol–water partition coefficient (Wildman–Crippen LogP) is 5.23. The van der Waals surface area contributed by atoms with Crippen molar-refractivity contribution in [2.45, 2.75) is 47.0 Å². The standard InChI is InChI=1S/C23H32N3S/c1-5-13-25(8-4)18-9-11-20-22(16-18)27-23-17-19(10-12-21(23)24-20)26(14-6-2)15-7-3/h9-12,16-17H,5-8,13-15H2,1-4H3/q+1. The lowest BCUT2D eigenvalue weighted by atomic mass is 10.2. The second-order valence-electron chi connectivity index (χ2n) is 7.08. The van der Waals surface area contributed by atoms with Gasteiger partial charge in [0.1, 0.15) is 13.1 Å². The fourth-order valence-corrected chi connectivity index (χ4v) is 4.68. The summed E-state index contributed by atoms with van der Waals surface area (Å²) in [5, 5.41) is 1.30. The van der Waals surface area contributed by atoms with E-state index in [-0.39, 0.29) is 0 Å². The van der Waals surface area contributed by atoms with Crippen molar-refractivity contribution in [1.82, 2.24) is 9.56 Å². The second kappa shape index (κ2) is 9.32. The van der Waals surface area contributed by atoms with Crippen molar-refractivity contribution >= 4 is 27.2 Å². The lowest BCUT2D eigenvalue weighted by molar-refractivity contribution is 0.588. The second-order valence-corrected chi connectivity index (χ2v) is 8.17. The molecule has 1 aromatic carbocycles. The van der Waals surface area contributed by atoms with Crippen molar-refractivity contribution in [2.75, 3.05) is 31.1 Å². The Labute approximate surface area is 167 Å². The van der Waals surface area contributed by atoms with Gasteiger partial charge in [-0.2, -0.15) is 0 Å². The predicted molar refractivity (Wildman–Crippen MR) is 120 cm³/mol. The van der Waals surface area contributed by atoms with Crippen LogP contribution in [0.15, 0.2) is 36.4 Å². The van der Waals surface area contributed by atoms with Gasteiger partial charge in [0.25, 0.3) is 0 Å². The molecule has 0 spiro atoms. The Kier molecular flexibility index (Phi) is 6.84. The van der Waals surface area contributed by atoms with E-state index in [1.54, 1.807) is 0 Å². The molecule has 1 aliphatic carbocycles. The molecule has 1 aliphatic heterocycles. The summed E-state index contributed by atoms with van der Waals surface area (Å²) in [7, 11) is 0. The molecular formula is C23H32N3S+. The zero-order chi connectivity index (χ0) is 19.2. The maximum Gasteiger partial charge on any atom is 0.201 e. The van der Waals surface area contributed by atoms with Crippen LogP contribution < -0.4 is 14.8 Å². The van der Waals surface area contributed by atoms with Crippen LogP contribution in [-0.4, -0.2) is 31.2 Å². The third-order valence-electron chi connectivity index (χ3n) is 4.94. The van der Waals surface area contributed by atoms with Crippen LogP contribution in [0.2, 0.25) is 0 Å². The largest absolute Gasteiger partial charge is 0.372 e. The molecule has 3 rings (SSSR count). The molecule has 0 saturated carbocycles. The summed E-state index contributed by atoms with van der Waals surface area (Å²) in [5.74, 6) is 0. The Morgan fingerprint density at radius 3 is 2.37 bits per heavy atom. The molecule has 2 aliphatic rings. The van der Waals surface area contributed by atoms with E-state index in [9.17, 15) is 0 Å². The van der Waals surface area contributed by atoms with E-state index in [0.717, 1.165) is 37.4 Å². The lowest BCUT2D eigenvalue weighted by Gasteiger charge is -2.24. The molecule has 0 radical (unpaired) electrons. The maximum absolute atomic E-state index is 4.92. The number of anilines is 1. The number of aromatic nitrogens is 1. The van der Waals surface area contributed by atoms with Crippen LogP contribution >= 0.6 is 11.3 Å². The van der Waals surface area contributed by atoms with E-state index in [4.69, 9.17) is 4.98 Å². The topological polar surface area (TPSA) is 19.1 Å². The molecule has 0 atom stereocenters. The molecule has 4 heteroatoms. The minimum atomic E-state index is 1.04. The van der Waals surface area contributed by atoms with Gasteiger partial charge in [-0.1, -0.05) is 20.8 Å².